The molecule has 0 N–H and O–H groups in total. The van der Waals surface area contributed by atoms with Gasteiger partial charge < -0.3 is 0 Å². The molecule has 0 aliphatic carbocycles. The van der Waals surface area contributed by atoms with Crippen LogP contribution in [0.15, 0.2) is 115 Å². The van der Waals surface area contributed by atoms with Gasteiger partial charge in [0.2, 0.25) is 5.95 Å². The molecule has 3 aromatic heterocycles. The Morgan fingerprint density at radius 2 is 1.15 bits per heavy atom. The first-order chi connectivity index (χ1) is 19.5. The lowest BCUT2D eigenvalue weighted by atomic mass is 10.0. The standard InChI is InChI=1S/C35H28N4Si/c1-40(2,3)25-19-16-23(17-20-25)24-18-21-27-26-10-5-8-14-31(26)38(33(27)22-24)35-37-29-12-6-4-11-28(29)34-36-30-13-7-9-15-32(30)39(34)35/h4-22H,1-3H3. The van der Waals surface area contributed by atoms with Gasteiger partial charge in [0, 0.05) is 16.2 Å². The average molecular weight is 533 g/mol. The van der Waals surface area contributed by atoms with Crippen LogP contribution in [0, 0.1) is 0 Å². The van der Waals surface area contributed by atoms with E-state index in [4.69, 9.17) is 9.97 Å². The maximum atomic E-state index is 5.30. The number of hydrogen-bond donors (Lipinski definition) is 0. The molecule has 0 atom stereocenters. The summed E-state index contributed by atoms with van der Waals surface area (Å²) in [7, 11) is -1.36. The van der Waals surface area contributed by atoms with Gasteiger partial charge in [-0.1, -0.05) is 104 Å². The summed E-state index contributed by atoms with van der Waals surface area (Å²) < 4.78 is 4.54. The van der Waals surface area contributed by atoms with Crippen molar-refractivity contribution in [2.75, 3.05) is 0 Å². The highest BCUT2D eigenvalue weighted by atomic mass is 28.3. The Morgan fingerprint density at radius 1 is 0.525 bits per heavy atom. The van der Waals surface area contributed by atoms with Gasteiger partial charge in [-0.3, -0.25) is 8.97 Å². The normalized spacial score (nSPS) is 12.4. The predicted octanol–water partition coefficient (Wildman–Crippen LogP) is 8.35. The summed E-state index contributed by atoms with van der Waals surface area (Å²) in [6, 6.07) is 41.3. The third-order valence-corrected chi connectivity index (χ3v) is 10.1. The van der Waals surface area contributed by atoms with Gasteiger partial charge in [0.15, 0.2) is 0 Å². The van der Waals surface area contributed by atoms with E-state index in [-0.39, 0.29) is 0 Å². The smallest absolute Gasteiger partial charge is 0.221 e. The van der Waals surface area contributed by atoms with Crippen LogP contribution in [-0.2, 0) is 0 Å². The Labute approximate surface area is 233 Å². The zero-order chi connectivity index (χ0) is 27.0. The van der Waals surface area contributed by atoms with Gasteiger partial charge in [0.25, 0.3) is 0 Å². The second-order valence-corrected chi connectivity index (χ2v) is 16.7. The molecule has 0 aliphatic heterocycles. The van der Waals surface area contributed by atoms with Crippen molar-refractivity contribution in [3.05, 3.63) is 115 Å². The number of imidazole rings is 1. The molecule has 0 radical (unpaired) electrons. The third kappa shape index (κ3) is 3.38. The van der Waals surface area contributed by atoms with Crippen LogP contribution in [-0.4, -0.2) is 27.0 Å². The highest BCUT2D eigenvalue weighted by Crippen LogP contribution is 2.36. The van der Waals surface area contributed by atoms with Gasteiger partial charge >= 0.3 is 0 Å². The van der Waals surface area contributed by atoms with E-state index in [0.717, 1.165) is 44.6 Å². The largest absolute Gasteiger partial charge is 0.279 e. The Hall–Kier alpha value is -4.74. The quantitative estimate of drug-likeness (QED) is 0.214. The van der Waals surface area contributed by atoms with Crippen LogP contribution in [0.5, 0.6) is 0 Å². The molecule has 0 fully saturated rings. The zero-order valence-electron chi connectivity index (χ0n) is 22.8. The molecule has 5 heteroatoms. The van der Waals surface area contributed by atoms with Crippen LogP contribution < -0.4 is 5.19 Å². The lowest BCUT2D eigenvalue weighted by Gasteiger charge is -2.17. The molecular weight excluding hydrogens is 504 g/mol. The van der Waals surface area contributed by atoms with Gasteiger partial charge in [-0.05, 0) is 47.5 Å². The lowest BCUT2D eigenvalue weighted by Crippen LogP contribution is -2.37. The van der Waals surface area contributed by atoms with Crippen molar-refractivity contribution >= 4 is 62.6 Å². The summed E-state index contributed by atoms with van der Waals surface area (Å²) in [6.45, 7) is 7.18. The minimum Gasteiger partial charge on any atom is -0.279 e. The number of aromatic nitrogens is 4. The minimum absolute atomic E-state index is 0.847. The number of para-hydroxylation sites is 4. The van der Waals surface area contributed by atoms with E-state index in [1.165, 1.54) is 27.1 Å². The topological polar surface area (TPSA) is 35.1 Å². The first-order valence-corrected chi connectivity index (χ1v) is 17.3. The number of nitrogens with zero attached hydrogens (tertiary/aromatic N) is 4. The molecule has 0 saturated heterocycles. The molecule has 0 amide bonds. The maximum Gasteiger partial charge on any atom is 0.221 e. The maximum absolute atomic E-state index is 5.30. The fourth-order valence-corrected chi connectivity index (χ4v) is 7.17. The van der Waals surface area contributed by atoms with Gasteiger partial charge in [0.05, 0.1) is 35.7 Å². The van der Waals surface area contributed by atoms with Crippen molar-refractivity contribution in [1.29, 1.82) is 0 Å². The number of fused-ring (bicyclic) bond motifs is 8. The molecule has 0 spiro atoms. The molecule has 5 aromatic carbocycles. The highest BCUT2D eigenvalue weighted by Gasteiger charge is 2.20. The Balaban J connectivity index is 1.48. The van der Waals surface area contributed by atoms with E-state index in [1.807, 2.05) is 12.1 Å². The Kier molecular flexibility index (Phi) is 4.85. The minimum atomic E-state index is -1.36. The van der Waals surface area contributed by atoms with E-state index in [2.05, 4.69) is 132 Å². The summed E-state index contributed by atoms with van der Waals surface area (Å²) in [5, 5.41) is 4.95. The van der Waals surface area contributed by atoms with E-state index in [9.17, 15) is 0 Å². The summed E-state index contributed by atoms with van der Waals surface area (Å²) in [4.78, 5) is 10.4. The van der Waals surface area contributed by atoms with Crippen LogP contribution in [0.2, 0.25) is 19.6 Å². The first kappa shape index (κ1) is 23.2. The zero-order valence-corrected chi connectivity index (χ0v) is 23.8. The SMILES string of the molecule is C[Si](C)(C)c1ccc(-c2ccc3c4ccccc4n(-c4nc5ccccc5c5nc6ccccc6n45)c3c2)cc1. The number of benzene rings is 5. The second-order valence-electron chi connectivity index (χ2n) is 11.6. The van der Waals surface area contributed by atoms with Crippen molar-refractivity contribution in [2.45, 2.75) is 19.6 Å². The Morgan fingerprint density at radius 3 is 1.93 bits per heavy atom. The summed E-state index contributed by atoms with van der Waals surface area (Å²) in [6.07, 6.45) is 0. The molecule has 0 bridgehead atoms. The molecule has 0 aliphatic rings. The Bertz CT molecular complexity index is 2250. The van der Waals surface area contributed by atoms with E-state index >= 15 is 0 Å². The lowest BCUT2D eigenvalue weighted by molar-refractivity contribution is 0.979. The molecule has 8 rings (SSSR count). The molecule has 8 aromatic rings. The van der Waals surface area contributed by atoms with Gasteiger partial charge in [-0.15, -0.1) is 0 Å². The van der Waals surface area contributed by atoms with E-state index in [1.54, 1.807) is 0 Å². The van der Waals surface area contributed by atoms with Gasteiger partial charge in [-0.25, -0.2) is 9.97 Å². The fourth-order valence-electron chi connectivity index (χ4n) is 6.01. The molecule has 0 unspecified atom stereocenters. The summed E-state index contributed by atoms with van der Waals surface area (Å²) >= 11 is 0. The molecule has 4 nitrogen and oxygen atoms in total. The van der Waals surface area contributed by atoms with E-state index < -0.39 is 8.07 Å². The van der Waals surface area contributed by atoms with Gasteiger partial charge in [0.1, 0.15) is 5.65 Å². The summed E-state index contributed by atoms with van der Waals surface area (Å²) in [5.74, 6) is 0.847. The molecule has 3 heterocycles. The molecule has 40 heavy (non-hydrogen) atoms. The van der Waals surface area contributed by atoms with Crippen LogP contribution in [0.3, 0.4) is 0 Å². The first-order valence-electron chi connectivity index (χ1n) is 13.8. The van der Waals surface area contributed by atoms with Crippen LogP contribution in [0.25, 0.3) is 66.5 Å². The van der Waals surface area contributed by atoms with Crippen molar-refractivity contribution in [3.8, 4) is 17.1 Å². The molecule has 192 valence electrons. The number of rotatable bonds is 3. The average Bonchev–Trinajstić information content (AvgIpc) is 3.53. The van der Waals surface area contributed by atoms with Crippen molar-refractivity contribution in [3.63, 3.8) is 0 Å². The van der Waals surface area contributed by atoms with Crippen molar-refractivity contribution in [1.82, 2.24) is 18.9 Å². The van der Waals surface area contributed by atoms with Crippen molar-refractivity contribution in [2.24, 2.45) is 0 Å². The van der Waals surface area contributed by atoms with Crippen LogP contribution in [0.1, 0.15) is 0 Å². The monoisotopic (exact) mass is 532 g/mol. The second kappa shape index (κ2) is 8.38. The highest BCUT2D eigenvalue weighted by molar-refractivity contribution is 6.88. The van der Waals surface area contributed by atoms with Gasteiger partial charge in [-0.2, -0.15) is 0 Å². The van der Waals surface area contributed by atoms with Crippen LogP contribution in [0.4, 0.5) is 0 Å². The van der Waals surface area contributed by atoms with E-state index in [0.29, 0.717) is 0 Å². The molecule has 0 saturated carbocycles. The predicted molar refractivity (Wildman–Crippen MR) is 171 cm³/mol. The third-order valence-electron chi connectivity index (χ3n) is 8.08. The fraction of sp³-hybridized carbons (Fsp3) is 0.0857. The number of hydrogen-bond acceptors (Lipinski definition) is 2. The molecular formula is C35H28N4Si. The van der Waals surface area contributed by atoms with Crippen molar-refractivity contribution < 1.29 is 0 Å². The van der Waals surface area contributed by atoms with Crippen LogP contribution >= 0.6 is 0 Å². The summed E-state index contributed by atoms with van der Waals surface area (Å²) in [5.41, 5.74) is 8.56.